The summed E-state index contributed by atoms with van der Waals surface area (Å²) in [4.78, 5) is 10.6. The van der Waals surface area contributed by atoms with E-state index in [1.54, 1.807) is 25.7 Å². The van der Waals surface area contributed by atoms with Gasteiger partial charge in [-0.2, -0.15) is 0 Å². The Labute approximate surface area is 185 Å². The van der Waals surface area contributed by atoms with Gasteiger partial charge in [0.1, 0.15) is 12.7 Å². The number of ether oxygens (including phenoxy) is 2. The van der Waals surface area contributed by atoms with Crippen LogP contribution in [0.2, 0.25) is 0 Å². The van der Waals surface area contributed by atoms with Crippen molar-refractivity contribution in [3.05, 3.63) is 48.0 Å². The lowest BCUT2D eigenvalue weighted by Gasteiger charge is -2.32. The molecule has 1 aromatic heterocycles. The molecule has 170 valence electrons. The highest BCUT2D eigenvalue weighted by Crippen LogP contribution is 2.28. The molecule has 2 aromatic rings. The third-order valence-electron chi connectivity index (χ3n) is 5.86. The molecule has 1 aliphatic rings. The Hall–Kier alpha value is -2.22. The summed E-state index contributed by atoms with van der Waals surface area (Å²) in [5.74, 6) is 1.34. The molecule has 31 heavy (non-hydrogen) atoms. The fourth-order valence-electron chi connectivity index (χ4n) is 4.09. The molecule has 0 radical (unpaired) electrons. The first-order valence-corrected chi connectivity index (χ1v) is 11.3. The molecule has 0 saturated heterocycles. The van der Waals surface area contributed by atoms with Crippen molar-refractivity contribution in [2.24, 2.45) is 0 Å². The predicted octanol–water partition coefficient (Wildman–Crippen LogP) is 2.82. The monoisotopic (exact) mass is 428 g/mol. The smallest absolute Gasteiger partial charge is 0.161 e. The van der Waals surface area contributed by atoms with Crippen molar-refractivity contribution < 1.29 is 14.6 Å². The molecule has 1 saturated carbocycles. The number of hydrogen-bond acceptors (Lipinski definition) is 7. The molecule has 3 rings (SSSR count). The van der Waals surface area contributed by atoms with Crippen LogP contribution in [-0.4, -0.2) is 66.0 Å². The molecule has 0 amide bonds. The fourth-order valence-corrected chi connectivity index (χ4v) is 4.09. The average Bonchev–Trinajstić information content (AvgIpc) is 2.82. The van der Waals surface area contributed by atoms with Gasteiger partial charge in [-0.25, -0.2) is 0 Å². The molecule has 0 spiro atoms. The lowest BCUT2D eigenvalue weighted by atomic mass is 9.94. The molecular weight excluding hydrogens is 392 g/mol. The largest absolute Gasteiger partial charge is 0.493 e. The van der Waals surface area contributed by atoms with Gasteiger partial charge in [0.15, 0.2) is 11.5 Å². The Morgan fingerprint density at radius 3 is 2.77 bits per heavy atom. The molecule has 1 aromatic carbocycles. The van der Waals surface area contributed by atoms with Gasteiger partial charge in [0.2, 0.25) is 0 Å². The number of rotatable bonds is 12. The molecule has 0 aliphatic heterocycles. The van der Waals surface area contributed by atoms with E-state index in [4.69, 9.17) is 9.47 Å². The Bertz CT molecular complexity index is 769. The van der Waals surface area contributed by atoms with Crippen molar-refractivity contribution in [2.45, 2.75) is 57.2 Å². The van der Waals surface area contributed by atoms with E-state index in [9.17, 15) is 5.11 Å². The number of nitrogens with zero attached hydrogens (tertiary/aromatic N) is 3. The number of likely N-dealkylation sites (N-methyl/N-ethyl adjacent to an activating group) is 1. The summed E-state index contributed by atoms with van der Waals surface area (Å²) in [7, 11) is 3.74. The van der Waals surface area contributed by atoms with Gasteiger partial charge in [-0.05, 0) is 37.6 Å². The molecule has 0 unspecified atom stereocenters. The minimum Gasteiger partial charge on any atom is -0.493 e. The topological polar surface area (TPSA) is 79.7 Å². The van der Waals surface area contributed by atoms with E-state index in [0.717, 1.165) is 30.8 Å². The van der Waals surface area contributed by atoms with E-state index in [1.165, 1.54) is 32.1 Å². The van der Waals surface area contributed by atoms with Gasteiger partial charge in [-0.15, -0.1) is 0 Å². The molecule has 1 fully saturated rings. The number of aliphatic hydroxyl groups excluding tert-OH is 1. The SMILES string of the molecule is COc1cc(CNCCc2cnccn2)ccc1OC[C@@H](O)CN(C)C1CCCCC1. The predicted molar refractivity (Wildman–Crippen MR) is 121 cm³/mol. The van der Waals surface area contributed by atoms with Crippen molar-refractivity contribution in [3.63, 3.8) is 0 Å². The van der Waals surface area contributed by atoms with Crippen LogP contribution < -0.4 is 14.8 Å². The lowest BCUT2D eigenvalue weighted by molar-refractivity contribution is 0.0553. The van der Waals surface area contributed by atoms with Crippen molar-refractivity contribution >= 4 is 0 Å². The minimum absolute atomic E-state index is 0.253. The number of aliphatic hydroxyl groups is 1. The summed E-state index contributed by atoms with van der Waals surface area (Å²) >= 11 is 0. The molecule has 1 aliphatic carbocycles. The summed E-state index contributed by atoms with van der Waals surface area (Å²) in [5, 5.41) is 13.9. The van der Waals surface area contributed by atoms with E-state index in [1.807, 2.05) is 18.2 Å². The van der Waals surface area contributed by atoms with Crippen LogP contribution in [0.15, 0.2) is 36.8 Å². The Morgan fingerprint density at radius 2 is 2.03 bits per heavy atom. The van der Waals surface area contributed by atoms with Crippen LogP contribution >= 0.6 is 0 Å². The zero-order valence-corrected chi connectivity index (χ0v) is 18.8. The fraction of sp³-hybridized carbons (Fsp3) is 0.583. The Kier molecular flexibility index (Phi) is 9.52. The number of aromatic nitrogens is 2. The maximum atomic E-state index is 10.4. The summed E-state index contributed by atoms with van der Waals surface area (Å²) in [6.07, 6.45) is 11.9. The highest BCUT2D eigenvalue weighted by Gasteiger charge is 2.20. The summed E-state index contributed by atoms with van der Waals surface area (Å²) in [6.45, 7) is 2.43. The van der Waals surface area contributed by atoms with E-state index >= 15 is 0 Å². The quantitative estimate of drug-likeness (QED) is 0.503. The van der Waals surface area contributed by atoms with Gasteiger partial charge in [0.05, 0.1) is 12.8 Å². The maximum absolute atomic E-state index is 10.4. The normalized spacial score (nSPS) is 15.7. The number of methoxy groups -OCH3 is 1. The Balaban J connectivity index is 1.42. The van der Waals surface area contributed by atoms with Crippen LogP contribution in [0.3, 0.4) is 0 Å². The van der Waals surface area contributed by atoms with Gasteiger partial charge in [-0.3, -0.25) is 9.97 Å². The van der Waals surface area contributed by atoms with Crippen LogP contribution in [0, 0.1) is 0 Å². The zero-order chi connectivity index (χ0) is 21.9. The van der Waals surface area contributed by atoms with Crippen LogP contribution in [0.25, 0.3) is 0 Å². The van der Waals surface area contributed by atoms with Gasteiger partial charge >= 0.3 is 0 Å². The molecule has 0 bridgehead atoms. The summed E-state index contributed by atoms with van der Waals surface area (Å²) in [6, 6.07) is 6.49. The minimum atomic E-state index is -0.529. The number of hydrogen-bond donors (Lipinski definition) is 2. The summed E-state index contributed by atoms with van der Waals surface area (Å²) in [5.41, 5.74) is 2.09. The second-order valence-electron chi connectivity index (χ2n) is 8.30. The zero-order valence-electron chi connectivity index (χ0n) is 18.8. The van der Waals surface area contributed by atoms with E-state index < -0.39 is 6.10 Å². The van der Waals surface area contributed by atoms with Gasteiger partial charge in [0, 0.05) is 50.7 Å². The van der Waals surface area contributed by atoms with Gasteiger partial charge in [0.25, 0.3) is 0 Å². The molecule has 7 nitrogen and oxygen atoms in total. The standard InChI is InChI=1S/C24H36N4O3/c1-28(21-6-4-3-5-7-21)17-22(29)18-31-23-9-8-19(14-24(23)30-2)15-25-11-10-20-16-26-12-13-27-20/h8-9,12-14,16,21-22,25,29H,3-7,10-11,15,17-18H2,1-2H3/t22-/m0/s1. The number of nitrogens with one attached hydrogen (secondary N) is 1. The van der Waals surface area contributed by atoms with E-state index in [2.05, 4.69) is 27.2 Å². The first-order valence-electron chi connectivity index (χ1n) is 11.3. The van der Waals surface area contributed by atoms with Crippen molar-refractivity contribution in [1.82, 2.24) is 20.2 Å². The average molecular weight is 429 g/mol. The van der Waals surface area contributed by atoms with Crippen molar-refractivity contribution in [3.8, 4) is 11.5 Å². The molecule has 1 heterocycles. The number of benzene rings is 1. The van der Waals surface area contributed by atoms with Gasteiger partial charge < -0.3 is 24.8 Å². The highest BCUT2D eigenvalue weighted by atomic mass is 16.5. The van der Waals surface area contributed by atoms with Crippen LogP contribution in [-0.2, 0) is 13.0 Å². The second-order valence-corrected chi connectivity index (χ2v) is 8.30. The molecule has 1 atom stereocenters. The van der Waals surface area contributed by atoms with Crippen molar-refractivity contribution in [2.75, 3.05) is 33.9 Å². The third kappa shape index (κ3) is 7.76. The second kappa shape index (κ2) is 12.6. The van der Waals surface area contributed by atoms with E-state index in [0.29, 0.717) is 24.1 Å². The van der Waals surface area contributed by atoms with Crippen LogP contribution in [0.5, 0.6) is 11.5 Å². The van der Waals surface area contributed by atoms with Crippen LogP contribution in [0.4, 0.5) is 0 Å². The first kappa shape index (κ1) is 23.4. The Morgan fingerprint density at radius 1 is 1.19 bits per heavy atom. The maximum Gasteiger partial charge on any atom is 0.161 e. The first-order chi connectivity index (χ1) is 15.2. The van der Waals surface area contributed by atoms with E-state index in [-0.39, 0.29) is 6.61 Å². The molecule has 7 heteroatoms. The highest BCUT2D eigenvalue weighted by molar-refractivity contribution is 5.43. The van der Waals surface area contributed by atoms with Crippen LogP contribution in [0.1, 0.15) is 43.4 Å². The lowest BCUT2D eigenvalue weighted by Crippen LogP contribution is -2.40. The molecule has 2 N–H and O–H groups in total. The molecular formula is C24H36N4O3. The van der Waals surface area contributed by atoms with Gasteiger partial charge in [-0.1, -0.05) is 25.3 Å². The third-order valence-corrected chi connectivity index (χ3v) is 5.86. The van der Waals surface area contributed by atoms with Crippen molar-refractivity contribution in [1.29, 1.82) is 0 Å². The summed E-state index contributed by atoms with van der Waals surface area (Å²) < 4.78 is 11.4.